The van der Waals surface area contributed by atoms with Gasteiger partial charge in [0.1, 0.15) is 29.2 Å². The van der Waals surface area contributed by atoms with Gasteiger partial charge in [-0.25, -0.2) is 4.98 Å². The van der Waals surface area contributed by atoms with Crippen LogP contribution in [-0.2, 0) is 11.3 Å². The van der Waals surface area contributed by atoms with Crippen LogP contribution in [0.25, 0.3) is 11.0 Å². The quantitative estimate of drug-likeness (QED) is 0.793. The molecule has 84 valence electrons. The van der Waals surface area contributed by atoms with Gasteiger partial charge in [0.2, 0.25) is 0 Å². The van der Waals surface area contributed by atoms with Gasteiger partial charge in [-0.2, -0.15) is 0 Å². The number of carbonyl (C=O) groups is 1. The van der Waals surface area contributed by atoms with Crippen molar-refractivity contribution in [1.82, 2.24) is 9.97 Å². The predicted molar refractivity (Wildman–Crippen MR) is 58.7 cm³/mol. The average Bonchev–Trinajstić information content (AvgIpc) is 2.71. The molecule has 0 aliphatic carbocycles. The van der Waals surface area contributed by atoms with Gasteiger partial charge in [0.15, 0.2) is 6.29 Å². The second kappa shape index (κ2) is 4.32. The number of hydrogen-bond acceptors (Lipinski definition) is 4. The summed E-state index contributed by atoms with van der Waals surface area (Å²) in [6.07, 6.45) is 0.777. The fraction of sp³-hybridized carbons (Fsp3) is 0.273. The third-order valence-corrected chi connectivity index (χ3v) is 2.31. The summed E-state index contributed by atoms with van der Waals surface area (Å²) in [5, 5.41) is 0. The molecule has 1 aromatic heterocycles. The molecule has 0 spiro atoms. The van der Waals surface area contributed by atoms with Crippen LogP contribution in [0.4, 0.5) is 0 Å². The Morgan fingerprint density at radius 2 is 2.25 bits per heavy atom. The highest BCUT2D eigenvalue weighted by Crippen LogP contribution is 2.25. The van der Waals surface area contributed by atoms with Crippen LogP contribution in [0.2, 0.25) is 0 Å². The van der Waals surface area contributed by atoms with Gasteiger partial charge in [0.25, 0.3) is 0 Å². The van der Waals surface area contributed by atoms with Gasteiger partial charge in [-0.3, -0.25) is 4.79 Å². The molecule has 0 bridgehead atoms. The molecule has 0 amide bonds. The second-order valence-electron chi connectivity index (χ2n) is 3.32. The maximum Gasteiger partial charge on any atom is 0.152 e. The Hall–Kier alpha value is -1.88. The van der Waals surface area contributed by atoms with E-state index >= 15 is 0 Å². The molecule has 1 heterocycles. The van der Waals surface area contributed by atoms with Crippen LogP contribution in [0.3, 0.4) is 0 Å². The molecule has 1 aromatic carbocycles. The van der Waals surface area contributed by atoms with Crippen molar-refractivity contribution in [3.05, 3.63) is 23.5 Å². The first-order chi connectivity index (χ1) is 7.80. The van der Waals surface area contributed by atoms with E-state index in [1.807, 2.05) is 0 Å². The smallest absolute Gasteiger partial charge is 0.152 e. The molecule has 1 N–H and O–H groups in total. The molecular weight excluding hydrogens is 208 g/mol. The maximum absolute atomic E-state index is 10.9. The van der Waals surface area contributed by atoms with Gasteiger partial charge in [0.05, 0.1) is 7.11 Å². The number of aldehydes is 1. The average molecular weight is 220 g/mol. The van der Waals surface area contributed by atoms with Gasteiger partial charge in [0, 0.05) is 12.7 Å². The van der Waals surface area contributed by atoms with Crippen molar-refractivity contribution < 1.29 is 14.3 Å². The summed E-state index contributed by atoms with van der Waals surface area (Å²) in [7, 11) is 3.16. The molecule has 2 rings (SSSR count). The molecule has 5 nitrogen and oxygen atoms in total. The standard InChI is InChI=1S/C11H12N2O3/c1-15-6-9-12-10-7(5-14)3-4-8(16-2)11(10)13-9/h3-5H,6H2,1-2H3,(H,12,13). The number of fused-ring (bicyclic) bond motifs is 1. The Balaban J connectivity index is 2.65. The minimum absolute atomic E-state index is 0.371. The first kappa shape index (κ1) is 10.6. The number of nitrogens with one attached hydrogen (secondary N) is 1. The molecule has 0 radical (unpaired) electrons. The predicted octanol–water partition coefficient (Wildman–Crippen LogP) is 1.53. The van der Waals surface area contributed by atoms with Crippen molar-refractivity contribution in [2.24, 2.45) is 0 Å². The van der Waals surface area contributed by atoms with Crippen molar-refractivity contribution in [2.45, 2.75) is 6.61 Å². The van der Waals surface area contributed by atoms with E-state index in [1.165, 1.54) is 0 Å². The lowest BCUT2D eigenvalue weighted by molar-refractivity contribution is 0.112. The number of aromatic amines is 1. The number of carbonyl (C=O) groups excluding carboxylic acids is 1. The van der Waals surface area contributed by atoms with Gasteiger partial charge in [-0.1, -0.05) is 0 Å². The number of methoxy groups -OCH3 is 2. The number of benzene rings is 1. The molecule has 0 atom stereocenters. The van der Waals surface area contributed by atoms with Crippen LogP contribution in [0.1, 0.15) is 16.2 Å². The third kappa shape index (κ3) is 1.65. The number of hydrogen-bond donors (Lipinski definition) is 1. The minimum atomic E-state index is 0.371. The van der Waals surface area contributed by atoms with Crippen molar-refractivity contribution >= 4 is 17.3 Å². The van der Waals surface area contributed by atoms with Crippen LogP contribution in [-0.4, -0.2) is 30.5 Å². The highest BCUT2D eigenvalue weighted by Gasteiger charge is 2.11. The zero-order valence-corrected chi connectivity index (χ0v) is 9.11. The fourth-order valence-electron chi connectivity index (χ4n) is 1.61. The van der Waals surface area contributed by atoms with Crippen LogP contribution in [0, 0.1) is 0 Å². The molecule has 0 aliphatic rings. The molecule has 0 saturated carbocycles. The topological polar surface area (TPSA) is 64.2 Å². The first-order valence-corrected chi connectivity index (χ1v) is 4.80. The van der Waals surface area contributed by atoms with Crippen molar-refractivity contribution in [1.29, 1.82) is 0 Å². The monoisotopic (exact) mass is 220 g/mol. The molecule has 5 heteroatoms. The van der Waals surface area contributed by atoms with E-state index in [-0.39, 0.29) is 0 Å². The number of H-pyrrole nitrogens is 1. The van der Waals surface area contributed by atoms with Crippen LogP contribution in [0.5, 0.6) is 5.75 Å². The van der Waals surface area contributed by atoms with Crippen molar-refractivity contribution in [3.63, 3.8) is 0 Å². The SMILES string of the molecule is COCc1nc2c(C=O)ccc(OC)c2[nH]1. The summed E-state index contributed by atoms with van der Waals surface area (Å²) in [6.45, 7) is 0.371. The summed E-state index contributed by atoms with van der Waals surface area (Å²) >= 11 is 0. The van der Waals surface area contributed by atoms with Gasteiger partial charge in [-0.15, -0.1) is 0 Å². The summed E-state index contributed by atoms with van der Waals surface area (Å²) in [5.74, 6) is 1.33. The maximum atomic E-state index is 10.9. The molecule has 0 fully saturated rings. The molecule has 0 saturated heterocycles. The Morgan fingerprint density at radius 3 is 2.88 bits per heavy atom. The second-order valence-corrected chi connectivity index (χ2v) is 3.32. The number of aromatic nitrogens is 2. The molecule has 0 unspecified atom stereocenters. The van der Waals surface area contributed by atoms with E-state index < -0.39 is 0 Å². The lowest BCUT2D eigenvalue weighted by Gasteiger charge is -2.01. The van der Waals surface area contributed by atoms with Crippen molar-refractivity contribution in [2.75, 3.05) is 14.2 Å². The number of rotatable bonds is 4. The Bertz CT molecular complexity index is 519. The summed E-state index contributed by atoms with van der Waals surface area (Å²) < 4.78 is 10.2. The zero-order valence-electron chi connectivity index (χ0n) is 9.11. The fourth-order valence-corrected chi connectivity index (χ4v) is 1.61. The van der Waals surface area contributed by atoms with Gasteiger partial charge in [-0.05, 0) is 12.1 Å². The lowest BCUT2D eigenvalue weighted by Crippen LogP contribution is -1.89. The van der Waals surface area contributed by atoms with E-state index in [1.54, 1.807) is 26.4 Å². The zero-order chi connectivity index (χ0) is 11.5. The summed E-state index contributed by atoms with van der Waals surface area (Å²) in [5.41, 5.74) is 1.87. The summed E-state index contributed by atoms with van der Waals surface area (Å²) in [6, 6.07) is 3.42. The van der Waals surface area contributed by atoms with Gasteiger partial charge >= 0.3 is 0 Å². The normalized spacial score (nSPS) is 10.6. The number of nitrogens with zero attached hydrogens (tertiary/aromatic N) is 1. The summed E-state index contributed by atoms with van der Waals surface area (Å²) in [4.78, 5) is 18.2. The van der Waals surface area contributed by atoms with E-state index in [4.69, 9.17) is 9.47 Å². The van der Waals surface area contributed by atoms with Crippen LogP contribution >= 0.6 is 0 Å². The largest absolute Gasteiger partial charge is 0.494 e. The molecular formula is C11H12N2O3. The van der Waals surface area contributed by atoms with E-state index in [0.717, 1.165) is 11.8 Å². The Labute approximate surface area is 92.4 Å². The molecule has 16 heavy (non-hydrogen) atoms. The Morgan fingerprint density at radius 1 is 1.44 bits per heavy atom. The van der Waals surface area contributed by atoms with E-state index in [9.17, 15) is 4.79 Å². The molecule has 0 aliphatic heterocycles. The van der Waals surface area contributed by atoms with Crippen molar-refractivity contribution in [3.8, 4) is 5.75 Å². The number of ether oxygens (including phenoxy) is 2. The van der Waals surface area contributed by atoms with E-state index in [0.29, 0.717) is 29.3 Å². The van der Waals surface area contributed by atoms with Crippen LogP contribution in [0.15, 0.2) is 12.1 Å². The minimum Gasteiger partial charge on any atom is -0.494 e. The van der Waals surface area contributed by atoms with E-state index in [2.05, 4.69) is 9.97 Å². The first-order valence-electron chi connectivity index (χ1n) is 4.80. The van der Waals surface area contributed by atoms with Gasteiger partial charge < -0.3 is 14.5 Å². The lowest BCUT2D eigenvalue weighted by atomic mass is 10.2. The highest BCUT2D eigenvalue weighted by molar-refractivity contribution is 5.97. The highest BCUT2D eigenvalue weighted by atomic mass is 16.5. The van der Waals surface area contributed by atoms with Crippen LogP contribution < -0.4 is 4.74 Å². The third-order valence-electron chi connectivity index (χ3n) is 2.31. The molecule has 2 aromatic rings. The number of imidazole rings is 1. The Kier molecular flexibility index (Phi) is 2.87.